The summed E-state index contributed by atoms with van der Waals surface area (Å²) in [5.41, 5.74) is 0.240. The Bertz CT molecular complexity index is 795. The van der Waals surface area contributed by atoms with Crippen LogP contribution < -0.4 is 10.1 Å². The molecule has 0 unspecified atom stereocenters. The van der Waals surface area contributed by atoms with Crippen LogP contribution in [0.2, 0.25) is 0 Å². The number of ether oxygens (including phenoxy) is 1. The molecular weight excluding hydrogens is 530 g/mol. The van der Waals surface area contributed by atoms with Gasteiger partial charge in [0.05, 0.1) is 32.9 Å². The molecule has 9 heteroatoms. The Morgan fingerprint density at radius 2 is 2.00 bits per heavy atom. The second-order valence-electron chi connectivity index (χ2n) is 4.38. The molecule has 0 saturated heterocycles. The van der Waals surface area contributed by atoms with Crippen LogP contribution in [0, 0.1) is 17.3 Å². The van der Waals surface area contributed by atoms with Crippen molar-refractivity contribution in [2.45, 2.75) is 0 Å². The number of methoxy groups -OCH3 is 1. The van der Waals surface area contributed by atoms with E-state index in [0.717, 1.165) is 3.57 Å². The molecule has 0 heterocycles. The number of nitrogens with zero attached hydrogens (tertiary/aromatic N) is 1. The van der Waals surface area contributed by atoms with Gasteiger partial charge in [-0.2, -0.15) is 0 Å². The van der Waals surface area contributed by atoms with Crippen molar-refractivity contribution < 1.29 is 19.6 Å². The van der Waals surface area contributed by atoms with Gasteiger partial charge in [-0.25, -0.2) is 0 Å². The summed E-state index contributed by atoms with van der Waals surface area (Å²) in [5.74, 6) is -0.497. The number of phenolic OH excluding ortho intramolecular Hbond substituents is 1. The molecule has 0 aliphatic rings. The van der Waals surface area contributed by atoms with Gasteiger partial charge in [-0.05, 0) is 63.4 Å². The molecule has 0 aliphatic carbocycles. The highest BCUT2D eigenvalue weighted by Gasteiger charge is 2.18. The lowest BCUT2D eigenvalue weighted by Crippen LogP contribution is -2.13. The second-order valence-corrected chi connectivity index (χ2v) is 6.79. The molecule has 0 fully saturated rings. The summed E-state index contributed by atoms with van der Waals surface area (Å²) in [6.45, 7) is 0. The van der Waals surface area contributed by atoms with Crippen molar-refractivity contribution in [3.63, 3.8) is 0 Å². The first-order valence-electron chi connectivity index (χ1n) is 6.15. The van der Waals surface area contributed by atoms with E-state index in [2.05, 4.69) is 5.32 Å². The highest BCUT2D eigenvalue weighted by atomic mass is 127. The van der Waals surface area contributed by atoms with Gasteiger partial charge in [0.1, 0.15) is 11.5 Å². The largest absolute Gasteiger partial charge is 0.506 e. The third-order valence-corrected chi connectivity index (χ3v) is 4.36. The van der Waals surface area contributed by atoms with Crippen molar-refractivity contribution in [2.24, 2.45) is 0 Å². The Morgan fingerprint density at radius 1 is 1.30 bits per heavy atom. The lowest BCUT2D eigenvalue weighted by atomic mass is 10.1. The van der Waals surface area contributed by atoms with E-state index in [1.54, 1.807) is 12.1 Å². The van der Waals surface area contributed by atoms with E-state index in [-0.39, 0.29) is 28.4 Å². The Kier molecular flexibility index (Phi) is 5.62. The minimum Gasteiger partial charge on any atom is -0.506 e. The number of amides is 1. The normalized spacial score (nSPS) is 10.2. The number of hydrogen-bond acceptors (Lipinski definition) is 5. The van der Waals surface area contributed by atoms with Gasteiger partial charge in [0.15, 0.2) is 0 Å². The molecule has 0 saturated carbocycles. The van der Waals surface area contributed by atoms with Crippen LogP contribution in [0.25, 0.3) is 0 Å². The van der Waals surface area contributed by atoms with Gasteiger partial charge in [-0.3, -0.25) is 14.9 Å². The highest BCUT2D eigenvalue weighted by Crippen LogP contribution is 2.31. The number of nitro benzene ring substituents is 1. The van der Waals surface area contributed by atoms with Crippen LogP contribution in [-0.4, -0.2) is 23.0 Å². The van der Waals surface area contributed by atoms with Crippen molar-refractivity contribution in [2.75, 3.05) is 12.4 Å². The number of hydrogen-bond donors (Lipinski definition) is 2. The number of nitrogens with one attached hydrogen (secondary N) is 1. The van der Waals surface area contributed by atoms with E-state index in [1.807, 2.05) is 45.2 Å². The molecule has 0 atom stereocenters. The van der Waals surface area contributed by atoms with Crippen molar-refractivity contribution >= 4 is 62.5 Å². The molecular formula is C14H10I2N2O5. The molecule has 1 amide bonds. The minimum absolute atomic E-state index is 0.113. The summed E-state index contributed by atoms with van der Waals surface area (Å²) < 4.78 is 6.41. The van der Waals surface area contributed by atoms with Gasteiger partial charge in [-0.1, -0.05) is 0 Å². The van der Waals surface area contributed by atoms with Gasteiger partial charge in [0.2, 0.25) is 0 Å². The number of aromatic hydroxyl groups is 1. The van der Waals surface area contributed by atoms with Crippen LogP contribution in [0.1, 0.15) is 10.4 Å². The average molecular weight is 540 g/mol. The lowest BCUT2D eigenvalue weighted by Gasteiger charge is -2.11. The van der Waals surface area contributed by atoms with Crippen LogP contribution in [0.4, 0.5) is 11.4 Å². The van der Waals surface area contributed by atoms with Crippen molar-refractivity contribution in [3.8, 4) is 11.5 Å². The zero-order valence-corrected chi connectivity index (χ0v) is 16.0. The first-order chi connectivity index (χ1) is 10.8. The van der Waals surface area contributed by atoms with Gasteiger partial charge in [0.25, 0.3) is 11.6 Å². The zero-order valence-electron chi connectivity index (χ0n) is 11.7. The average Bonchev–Trinajstić information content (AvgIpc) is 2.50. The Balaban J connectivity index is 2.36. The van der Waals surface area contributed by atoms with Crippen molar-refractivity contribution in [1.82, 2.24) is 0 Å². The predicted molar refractivity (Wildman–Crippen MR) is 101 cm³/mol. The van der Waals surface area contributed by atoms with E-state index in [0.29, 0.717) is 3.57 Å². The second kappa shape index (κ2) is 7.29. The first kappa shape index (κ1) is 17.7. The summed E-state index contributed by atoms with van der Waals surface area (Å²) >= 11 is 3.97. The van der Waals surface area contributed by atoms with E-state index in [9.17, 15) is 20.0 Å². The van der Waals surface area contributed by atoms with Crippen LogP contribution >= 0.6 is 45.2 Å². The highest BCUT2D eigenvalue weighted by molar-refractivity contribution is 14.1. The predicted octanol–water partition coefficient (Wildman–Crippen LogP) is 3.77. The summed E-state index contributed by atoms with van der Waals surface area (Å²) in [4.78, 5) is 22.6. The SMILES string of the molecule is COc1cc([N+](=O)[O-])ccc1NC(=O)c1cc(I)cc(I)c1O. The Hall–Kier alpha value is -1.63. The number of benzene rings is 2. The fourth-order valence-corrected chi connectivity index (χ4v) is 3.67. The summed E-state index contributed by atoms with van der Waals surface area (Å²) in [7, 11) is 1.35. The monoisotopic (exact) mass is 540 g/mol. The fourth-order valence-electron chi connectivity index (χ4n) is 1.83. The maximum Gasteiger partial charge on any atom is 0.273 e. The smallest absolute Gasteiger partial charge is 0.273 e. The number of phenols is 1. The molecule has 7 nitrogen and oxygen atoms in total. The molecule has 2 rings (SSSR count). The molecule has 0 aromatic heterocycles. The van der Waals surface area contributed by atoms with Crippen LogP contribution in [-0.2, 0) is 0 Å². The number of rotatable bonds is 4. The number of carbonyl (C=O) groups is 1. The number of halogens is 2. The van der Waals surface area contributed by atoms with E-state index in [4.69, 9.17) is 4.74 Å². The molecule has 0 radical (unpaired) electrons. The van der Waals surface area contributed by atoms with E-state index >= 15 is 0 Å². The molecule has 0 aliphatic heterocycles. The standard InChI is InChI=1S/C14H10I2N2O5/c1-23-12-6-8(18(21)22)2-3-11(12)17-14(20)9-4-7(15)5-10(16)13(9)19/h2-6,19H,1H3,(H,17,20). The Morgan fingerprint density at radius 3 is 2.61 bits per heavy atom. The van der Waals surface area contributed by atoms with Crippen molar-refractivity contribution in [1.29, 1.82) is 0 Å². The van der Waals surface area contributed by atoms with Gasteiger partial charge in [0, 0.05) is 9.64 Å². The molecule has 2 N–H and O–H groups in total. The topological polar surface area (TPSA) is 102 Å². The zero-order chi connectivity index (χ0) is 17.1. The van der Waals surface area contributed by atoms with E-state index < -0.39 is 10.8 Å². The lowest BCUT2D eigenvalue weighted by molar-refractivity contribution is -0.384. The fraction of sp³-hybridized carbons (Fsp3) is 0.0714. The number of nitro groups is 1. The van der Waals surface area contributed by atoms with Crippen LogP contribution in [0.15, 0.2) is 30.3 Å². The molecule has 23 heavy (non-hydrogen) atoms. The molecule has 120 valence electrons. The number of non-ortho nitro benzene ring substituents is 1. The first-order valence-corrected chi connectivity index (χ1v) is 8.31. The molecule has 2 aromatic rings. The van der Waals surface area contributed by atoms with Gasteiger partial charge >= 0.3 is 0 Å². The number of anilines is 1. The van der Waals surface area contributed by atoms with Gasteiger partial charge in [-0.15, -0.1) is 0 Å². The maximum atomic E-state index is 12.4. The number of carbonyl (C=O) groups excluding carboxylic acids is 1. The Labute approximate surface area is 158 Å². The third kappa shape index (κ3) is 4.02. The molecule has 2 aromatic carbocycles. The van der Waals surface area contributed by atoms with Crippen molar-refractivity contribution in [3.05, 3.63) is 53.1 Å². The van der Waals surface area contributed by atoms with E-state index in [1.165, 1.54) is 25.3 Å². The molecule has 0 bridgehead atoms. The third-order valence-electron chi connectivity index (χ3n) is 2.92. The van der Waals surface area contributed by atoms with Crippen LogP contribution in [0.5, 0.6) is 11.5 Å². The summed E-state index contributed by atoms with van der Waals surface area (Å²) in [6, 6.07) is 7.14. The maximum absolute atomic E-state index is 12.4. The molecule has 0 spiro atoms. The quantitative estimate of drug-likeness (QED) is 0.350. The summed E-state index contributed by atoms with van der Waals surface area (Å²) in [6.07, 6.45) is 0. The van der Waals surface area contributed by atoms with Gasteiger partial charge < -0.3 is 15.2 Å². The minimum atomic E-state index is -0.554. The summed E-state index contributed by atoms with van der Waals surface area (Å²) in [5, 5.41) is 23.4. The van der Waals surface area contributed by atoms with Crippen LogP contribution in [0.3, 0.4) is 0 Å².